The van der Waals surface area contributed by atoms with Crippen LogP contribution in [0.3, 0.4) is 0 Å². The van der Waals surface area contributed by atoms with Gasteiger partial charge in [0.1, 0.15) is 5.75 Å². The molecule has 2 aliphatic heterocycles. The van der Waals surface area contributed by atoms with Crippen molar-refractivity contribution in [2.24, 2.45) is 5.73 Å². The van der Waals surface area contributed by atoms with Crippen LogP contribution in [-0.2, 0) is 11.3 Å². The molecule has 0 radical (unpaired) electrons. The fourth-order valence-corrected chi connectivity index (χ4v) is 7.76. The van der Waals surface area contributed by atoms with E-state index in [9.17, 15) is 9.59 Å². The Labute approximate surface area is 291 Å². The highest BCUT2D eigenvalue weighted by atomic mass is 16.5. The van der Waals surface area contributed by atoms with Crippen LogP contribution in [-0.4, -0.2) is 74.1 Å². The molecule has 1 unspecified atom stereocenters. The summed E-state index contributed by atoms with van der Waals surface area (Å²) >= 11 is 0. The van der Waals surface area contributed by atoms with Gasteiger partial charge in [-0.05, 0) is 86.0 Å². The molecule has 260 valence electrons. The highest BCUT2D eigenvalue weighted by Gasteiger charge is 2.35. The second kappa shape index (κ2) is 16.3. The van der Waals surface area contributed by atoms with Gasteiger partial charge >= 0.3 is 0 Å². The number of piperazine rings is 1. The molecule has 3 heterocycles. The molecule has 0 spiro atoms. The first-order valence-corrected chi connectivity index (χ1v) is 17.9. The number of likely N-dealkylation sites (N-methyl/N-ethyl adjacent to an activating group) is 1. The van der Waals surface area contributed by atoms with Crippen molar-refractivity contribution in [3.63, 3.8) is 0 Å². The standard InChI is InChI=1S/C38H42N4O3.C2H6.CH5N/c1-39-37(43)27-14-16-32-33(22-27)42-23-29(38(44)41-19-18-40(2)24-34(41)25-10-6-4-7-11-25)20-28-21-30(45-3)15-17-31(28)36(42)35(32)26-12-8-5-9-13-26;2*1-2/h4,6-7,10-11,14-17,20-22,26,34H,5,8-9,12-13,18-19,23-24H2,1-3H3,(H,39,43);1-2H3;2H2,1H3. The molecule has 8 heteroatoms. The van der Waals surface area contributed by atoms with E-state index >= 15 is 0 Å². The van der Waals surface area contributed by atoms with Gasteiger partial charge in [0.15, 0.2) is 0 Å². The van der Waals surface area contributed by atoms with Gasteiger partial charge in [0.2, 0.25) is 0 Å². The van der Waals surface area contributed by atoms with Gasteiger partial charge in [-0.15, -0.1) is 0 Å². The monoisotopic (exact) mass is 663 g/mol. The summed E-state index contributed by atoms with van der Waals surface area (Å²) in [5.41, 5.74) is 12.6. The summed E-state index contributed by atoms with van der Waals surface area (Å²) in [5, 5.41) is 3.97. The van der Waals surface area contributed by atoms with E-state index < -0.39 is 0 Å². The third-order valence-electron chi connectivity index (χ3n) is 10.1. The number of rotatable bonds is 5. The minimum absolute atomic E-state index is 0.0371. The van der Waals surface area contributed by atoms with Crippen molar-refractivity contribution in [2.75, 3.05) is 47.9 Å². The summed E-state index contributed by atoms with van der Waals surface area (Å²) in [6.45, 7) is 6.70. The predicted octanol–water partition coefficient (Wildman–Crippen LogP) is 7.24. The van der Waals surface area contributed by atoms with Gasteiger partial charge in [-0.3, -0.25) is 9.59 Å². The molecule has 2 fully saturated rings. The van der Waals surface area contributed by atoms with Crippen LogP contribution in [0.25, 0.3) is 28.2 Å². The topological polar surface area (TPSA) is 92.8 Å². The van der Waals surface area contributed by atoms with Crippen molar-refractivity contribution >= 4 is 28.8 Å². The number of nitrogens with one attached hydrogen (secondary N) is 1. The Kier molecular flexibility index (Phi) is 12.0. The van der Waals surface area contributed by atoms with Crippen LogP contribution < -0.4 is 15.8 Å². The molecule has 3 N–H and O–H groups in total. The lowest BCUT2D eigenvalue weighted by Gasteiger charge is -2.40. The van der Waals surface area contributed by atoms with E-state index in [2.05, 4.69) is 81.0 Å². The minimum atomic E-state index is -0.111. The minimum Gasteiger partial charge on any atom is -0.497 e. The molecule has 1 aromatic heterocycles. The Morgan fingerprint density at radius 1 is 0.918 bits per heavy atom. The number of methoxy groups -OCH3 is 1. The van der Waals surface area contributed by atoms with E-state index in [1.54, 1.807) is 14.2 Å². The number of carbonyl (C=O) groups excluding carboxylic acids is 2. The molecule has 8 nitrogen and oxygen atoms in total. The second-order valence-electron chi connectivity index (χ2n) is 12.8. The lowest BCUT2D eigenvalue weighted by Crippen LogP contribution is -2.49. The Bertz CT molecular complexity index is 1790. The summed E-state index contributed by atoms with van der Waals surface area (Å²) in [4.78, 5) is 32.0. The number of carbonyl (C=O) groups is 2. The zero-order valence-electron chi connectivity index (χ0n) is 30.1. The van der Waals surface area contributed by atoms with Gasteiger partial charge < -0.3 is 30.2 Å². The average Bonchev–Trinajstić information content (AvgIpc) is 3.38. The van der Waals surface area contributed by atoms with Gasteiger partial charge in [0.25, 0.3) is 11.8 Å². The number of benzene rings is 3. The molecule has 1 aliphatic carbocycles. The number of ether oxygens (including phenoxy) is 1. The Balaban J connectivity index is 0.00000113. The number of hydrogen-bond donors (Lipinski definition) is 2. The maximum Gasteiger partial charge on any atom is 0.252 e. The van der Waals surface area contributed by atoms with Crippen LogP contribution in [0.1, 0.15) is 85.0 Å². The molecule has 3 aromatic carbocycles. The molecule has 0 bridgehead atoms. The average molecular weight is 664 g/mol. The normalized spacial score (nSPS) is 17.7. The molecule has 1 saturated heterocycles. The second-order valence-corrected chi connectivity index (χ2v) is 12.8. The molecule has 2 amide bonds. The maximum atomic E-state index is 14.8. The molecule has 3 aliphatic rings. The summed E-state index contributed by atoms with van der Waals surface area (Å²) in [6.07, 6.45) is 8.09. The Morgan fingerprint density at radius 3 is 2.35 bits per heavy atom. The smallest absolute Gasteiger partial charge is 0.252 e. The van der Waals surface area contributed by atoms with Crippen LogP contribution >= 0.6 is 0 Å². The molecule has 49 heavy (non-hydrogen) atoms. The number of hydrogen-bond acceptors (Lipinski definition) is 5. The van der Waals surface area contributed by atoms with E-state index in [0.29, 0.717) is 24.6 Å². The first-order chi connectivity index (χ1) is 24.0. The summed E-state index contributed by atoms with van der Waals surface area (Å²) in [6, 6.07) is 22.7. The van der Waals surface area contributed by atoms with Crippen molar-refractivity contribution in [1.82, 2.24) is 19.7 Å². The van der Waals surface area contributed by atoms with Crippen LogP contribution in [0.4, 0.5) is 0 Å². The van der Waals surface area contributed by atoms with Crippen molar-refractivity contribution in [3.8, 4) is 17.0 Å². The third kappa shape index (κ3) is 7.17. The first-order valence-electron chi connectivity index (χ1n) is 17.9. The Hall–Kier alpha value is -4.40. The van der Waals surface area contributed by atoms with Crippen molar-refractivity contribution in [3.05, 3.63) is 94.6 Å². The van der Waals surface area contributed by atoms with E-state index in [1.165, 1.54) is 43.0 Å². The van der Waals surface area contributed by atoms with E-state index in [-0.39, 0.29) is 17.9 Å². The summed E-state index contributed by atoms with van der Waals surface area (Å²) in [5.74, 6) is 1.14. The van der Waals surface area contributed by atoms with Crippen LogP contribution in [0.15, 0.2) is 72.3 Å². The van der Waals surface area contributed by atoms with E-state index in [4.69, 9.17) is 4.74 Å². The quantitative estimate of drug-likeness (QED) is 0.235. The largest absolute Gasteiger partial charge is 0.497 e. The van der Waals surface area contributed by atoms with Crippen molar-refractivity contribution < 1.29 is 14.3 Å². The molecular formula is C41H53N5O3. The summed E-state index contributed by atoms with van der Waals surface area (Å²) in [7, 11) is 6.98. The van der Waals surface area contributed by atoms with E-state index in [0.717, 1.165) is 59.5 Å². The molecular weight excluding hydrogens is 610 g/mol. The van der Waals surface area contributed by atoms with Crippen molar-refractivity contribution in [2.45, 2.75) is 64.5 Å². The number of amides is 2. The molecule has 7 rings (SSSR count). The van der Waals surface area contributed by atoms with Crippen LogP contribution in [0, 0.1) is 0 Å². The van der Waals surface area contributed by atoms with Gasteiger partial charge in [0.05, 0.1) is 25.4 Å². The van der Waals surface area contributed by atoms with Crippen LogP contribution in [0.2, 0.25) is 0 Å². The maximum absolute atomic E-state index is 14.8. The molecule has 1 saturated carbocycles. The van der Waals surface area contributed by atoms with Gasteiger partial charge in [-0.25, -0.2) is 0 Å². The lowest BCUT2D eigenvalue weighted by molar-refractivity contribution is -0.132. The zero-order chi connectivity index (χ0) is 35.1. The number of fused-ring (bicyclic) bond motifs is 5. The number of nitrogens with two attached hydrogens (primary N) is 1. The highest BCUT2D eigenvalue weighted by molar-refractivity contribution is 6.04. The highest BCUT2D eigenvalue weighted by Crippen LogP contribution is 2.47. The summed E-state index contributed by atoms with van der Waals surface area (Å²) < 4.78 is 8.01. The van der Waals surface area contributed by atoms with E-state index in [1.807, 2.05) is 38.1 Å². The fourth-order valence-electron chi connectivity index (χ4n) is 7.76. The zero-order valence-corrected chi connectivity index (χ0v) is 30.1. The molecule has 1 atom stereocenters. The molecule has 4 aromatic rings. The predicted molar refractivity (Wildman–Crippen MR) is 201 cm³/mol. The SMILES string of the molecule is CC.CN.CNC(=O)c1ccc2c(C3CCCCC3)c3n(c2c1)CC(C(=O)N1CCN(C)CC1c1ccccc1)=Cc1cc(OC)ccc1-3. The third-order valence-corrected chi connectivity index (χ3v) is 10.1. The van der Waals surface area contributed by atoms with Gasteiger partial charge in [-0.1, -0.05) is 69.5 Å². The lowest BCUT2D eigenvalue weighted by atomic mass is 9.81. The van der Waals surface area contributed by atoms with Crippen LogP contribution in [0.5, 0.6) is 5.75 Å². The first kappa shape index (κ1) is 35.9. The Morgan fingerprint density at radius 2 is 1.65 bits per heavy atom. The van der Waals surface area contributed by atoms with Gasteiger partial charge in [0, 0.05) is 54.3 Å². The number of nitrogens with zero attached hydrogens (tertiary/aromatic N) is 3. The van der Waals surface area contributed by atoms with Gasteiger partial charge in [-0.2, -0.15) is 0 Å². The number of aromatic nitrogens is 1. The van der Waals surface area contributed by atoms with Crippen molar-refractivity contribution in [1.29, 1.82) is 0 Å². The fraction of sp³-hybridized carbons (Fsp3) is 0.415.